The first-order valence-corrected chi connectivity index (χ1v) is 8.27. The van der Waals surface area contributed by atoms with Crippen LogP contribution in [0.4, 0.5) is 0 Å². The molecular weight excluding hydrogens is 294 g/mol. The number of carbonyl (C=O) groups is 1. The number of imidazole rings is 1. The minimum Gasteiger partial charge on any atom is -0.393 e. The molecule has 124 valence electrons. The highest BCUT2D eigenvalue weighted by atomic mass is 16.3. The summed E-state index contributed by atoms with van der Waals surface area (Å²) < 4.78 is 0. The number of aromatic nitrogens is 2. The molecule has 4 N–H and O–H groups in total. The summed E-state index contributed by atoms with van der Waals surface area (Å²) >= 11 is 0. The third kappa shape index (κ3) is 4.01. The fraction of sp³-hybridized carbons (Fsp3) is 0.529. The number of carbonyl (C=O) groups excluding carboxylic acids is 1. The first kappa shape index (κ1) is 15.8. The Hall–Kier alpha value is -2.08. The van der Waals surface area contributed by atoms with Crippen LogP contribution in [0, 0.1) is 5.92 Å². The van der Waals surface area contributed by atoms with E-state index >= 15 is 0 Å². The summed E-state index contributed by atoms with van der Waals surface area (Å²) in [6.45, 7) is 0.580. The van der Waals surface area contributed by atoms with E-state index in [1.165, 1.54) is 0 Å². The number of fused-ring (bicyclic) bond motifs is 1. The molecule has 1 heterocycles. The quantitative estimate of drug-likeness (QED) is 0.649. The van der Waals surface area contributed by atoms with Crippen molar-refractivity contribution >= 4 is 16.9 Å². The van der Waals surface area contributed by atoms with Crippen molar-refractivity contribution in [3.8, 4) is 0 Å². The average molecular weight is 317 g/mol. The zero-order valence-electron chi connectivity index (χ0n) is 13.1. The average Bonchev–Trinajstić information content (AvgIpc) is 3.09. The lowest BCUT2D eigenvalue weighted by Gasteiger charge is -2.15. The molecule has 6 heteroatoms. The Labute approximate surface area is 134 Å². The van der Waals surface area contributed by atoms with Crippen LogP contribution in [-0.2, 0) is 11.2 Å². The van der Waals surface area contributed by atoms with Crippen LogP contribution in [0.5, 0.6) is 0 Å². The minimum atomic E-state index is -0.259. The maximum absolute atomic E-state index is 11.9. The van der Waals surface area contributed by atoms with Crippen molar-refractivity contribution in [3.63, 3.8) is 0 Å². The lowest BCUT2D eigenvalue weighted by atomic mass is 10.1. The summed E-state index contributed by atoms with van der Waals surface area (Å²) in [6, 6.07) is 5.79. The van der Waals surface area contributed by atoms with E-state index in [9.17, 15) is 14.7 Å². The number of hydrogen-bond acceptors (Lipinski definition) is 3. The van der Waals surface area contributed by atoms with Crippen molar-refractivity contribution in [2.24, 2.45) is 5.92 Å². The highest BCUT2D eigenvalue weighted by molar-refractivity contribution is 5.76. The number of aryl methyl sites for hydroxylation is 1. The topological polar surface area (TPSA) is 98.0 Å². The van der Waals surface area contributed by atoms with Gasteiger partial charge in [0, 0.05) is 18.9 Å². The van der Waals surface area contributed by atoms with Gasteiger partial charge in [-0.15, -0.1) is 0 Å². The molecule has 1 aromatic heterocycles. The number of benzene rings is 1. The van der Waals surface area contributed by atoms with Crippen LogP contribution < -0.4 is 11.0 Å². The SMILES string of the molecule is O=C(CCCc1ccc2[nH]c(=O)[nH]c2c1)NCC1CCCC1O. The Balaban J connectivity index is 1.42. The number of nitrogens with one attached hydrogen (secondary N) is 3. The molecule has 1 amide bonds. The number of hydrogen-bond donors (Lipinski definition) is 4. The smallest absolute Gasteiger partial charge is 0.323 e. The largest absolute Gasteiger partial charge is 0.393 e. The number of aliphatic hydroxyl groups is 1. The number of aliphatic hydroxyl groups excluding tert-OH is 1. The first-order valence-electron chi connectivity index (χ1n) is 8.27. The van der Waals surface area contributed by atoms with Crippen molar-refractivity contribution in [3.05, 3.63) is 34.2 Å². The van der Waals surface area contributed by atoms with Gasteiger partial charge in [0.05, 0.1) is 17.1 Å². The van der Waals surface area contributed by atoms with Crippen molar-refractivity contribution in [2.75, 3.05) is 6.54 Å². The van der Waals surface area contributed by atoms with E-state index < -0.39 is 0 Å². The molecule has 2 unspecified atom stereocenters. The molecule has 3 rings (SSSR count). The van der Waals surface area contributed by atoms with E-state index in [1.54, 1.807) is 0 Å². The molecule has 1 aromatic carbocycles. The first-order chi connectivity index (χ1) is 11.1. The second-order valence-corrected chi connectivity index (χ2v) is 6.38. The molecule has 0 bridgehead atoms. The number of aromatic amines is 2. The second-order valence-electron chi connectivity index (χ2n) is 6.38. The summed E-state index contributed by atoms with van der Waals surface area (Å²) in [7, 11) is 0. The summed E-state index contributed by atoms with van der Waals surface area (Å²) in [5, 5.41) is 12.7. The van der Waals surface area contributed by atoms with Gasteiger partial charge in [-0.3, -0.25) is 4.79 Å². The van der Waals surface area contributed by atoms with E-state index in [-0.39, 0.29) is 23.6 Å². The Morgan fingerprint density at radius 3 is 2.87 bits per heavy atom. The van der Waals surface area contributed by atoms with Gasteiger partial charge < -0.3 is 20.4 Å². The van der Waals surface area contributed by atoms with Crippen molar-refractivity contribution in [2.45, 2.75) is 44.6 Å². The number of amides is 1. The Kier molecular flexibility index (Phi) is 4.81. The Morgan fingerprint density at radius 1 is 1.26 bits per heavy atom. The highest BCUT2D eigenvalue weighted by Gasteiger charge is 2.25. The molecule has 0 saturated heterocycles. The third-order valence-electron chi connectivity index (χ3n) is 4.63. The lowest BCUT2D eigenvalue weighted by Crippen LogP contribution is -2.32. The van der Waals surface area contributed by atoms with Gasteiger partial charge in [0.15, 0.2) is 0 Å². The molecule has 2 aromatic rings. The van der Waals surface area contributed by atoms with E-state index in [1.807, 2.05) is 18.2 Å². The van der Waals surface area contributed by atoms with Crippen molar-refractivity contribution in [1.82, 2.24) is 15.3 Å². The summed E-state index contributed by atoms with van der Waals surface area (Å²) in [5.41, 5.74) is 2.50. The summed E-state index contributed by atoms with van der Waals surface area (Å²) in [4.78, 5) is 28.5. The molecule has 1 fully saturated rings. The van der Waals surface area contributed by atoms with E-state index in [0.717, 1.165) is 48.7 Å². The normalized spacial score (nSPS) is 20.9. The minimum absolute atomic E-state index is 0.0419. The van der Waals surface area contributed by atoms with Gasteiger partial charge >= 0.3 is 5.69 Å². The van der Waals surface area contributed by atoms with Crippen LogP contribution in [0.25, 0.3) is 11.0 Å². The van der Waals surface area contributed by atoms with Gasteiger partial charge in [-0.1, -0.05) is 12.5 Å². The molecular formula is C17H23N3O3. The second kappa shape index (κ2) is 7.00. The molecule has 1 aliphatic rings. The lowest BCUT2D eigenvalue weighted by molar-refractivity contribution is -0.121. The fourth-order valence-electron chi connectivity index (χ4n) is 3.28. The third-order valence-corrected chi connectivity index (χ3v) is 4.63. The van der Waals surface area contributed by atoms with Crippen LogP contribution in [0.15, 0.2) is 23.0 Å². The van der Waals surface area contributed by atoms with Gasteiger partial charge in [-0.2, -0.15) is 0 Å². The summed E-state index contributed by atoms with van der Waals surface area (Å²) in [5.74, 6) is 0.256. The monoisotopic (exact) mass is 317 g/mol. The van der Waals surface area contributed by atoms with Crippen LogP contribution >= 0.6 is 0 Å². The molecule has 0 aliphatic heterocycles. The van der Waals surface area contributed by atoms with Crippen LogP contribution in [0.1, 0.15) is 37.7 Å². The zero-order valence-corrected chi connectivity index (χ0v) is 13.1. The van der Waals surface area contributed by atoms with Crippen LogP contribution in [0.2, 0.25) is 0 Å². The number of H-pyrrole nitrogens is 2. The molecule has 1 saturated carbocycles. The maximum atomic E-state index is 11.9. The van der Waals surface area contributed by atoms with Gasteiger partial charge in [-0.25, -0.2) is 4.79 Å². The van der Waals surface area contributed by atoms with Gasteiger partial charge in [0.2, 0.25) is 5.91 Å². The summed E-state index contributed by atoms with van der Waals surface area (Å²) in [6.07, 6.45) is 4.67. The molecule has 23 heavy (non-hydrogen) atoms. The number of rotatable bonds is 6. The Morgan fingerprint density at radius 2 is 2.09 bits per heavy atom. The van der Waals surface area contributed by atoms with Crippen molar-refractivity contribution < 1.29 is 9.90 Å². The van der Waals surface area contributed by atoms with Gasteiger partial charge in [-0.05, 0) is 43.4 Å². The van der Waals surface area contributed by atoms with Gasteiger partial charge in [0.1, 0.15) is 0 Å². The Bertz CT molecular complexity index is 734. The molecule has 1 aliphatic carbocycles. The van der Waals surface area contributed by atoms with Crippen LogP contribution in [-0.4, -0.2) is 33.6 Å². The maximum Gasteiger partial charge on any atom is 0.323 e. The molecule has 2 atom stereocenters. The van der Waals surface area contributed by atoms with E-state index in [0.29, 0.717) is 13.0 Å². The molecule has 6 nitrogen and oxygen atoms in total. The zero-order chi connectivity index (χ0) is 16.2. The molecule has 0 spiro atoms. The van der Waals surface area contributed by atoms with Gasteiger partial charge in [0.25, 0.3) is 0 Å². The van der Waals surface area contributed by atoms with Crippen LogP contribution in [0.3, 0.4) is 0 Å². The van der Waals surface area contributed by atoms with E-state index in [4.69, 9.17) is 0 Å². The van der Waals surface area contributed by atoms with E-state index in [2.05, 4.69) is 15.3 Å². The predicted molar refractivity (Wildman–Crippen MR) is 88.2 cm³/mol. The fourth-order valence-corrected chi connectivity index (χ4v) is 3.28. The predicted octanol–water partition coefficient (Wildman–Crippen LogP) is 1.46. The molecule has 0 radical (unpaired) electrons. The highest BCUT2D eigenvalue weighted by Crippen LogP contribution is 2.24. The standard InChI is InChI=1S/C17H23N3O3/c21-15-5-2-4-12(15)10-18-16(22)6-1-3-11-7-8-13-14(9-11)20-17(23)19-13/h7-9,12,15,21H,1-6,10H2,(H,18,22)(H2,19,20,23). The van der Waals surface area contributed by atoms with Crippen molar-refractivity contribution in [1.29, 1.82) is 0 Å².